The van der Waals surface area contributed by atoms with Crippen LogP contribution in [0.15, 0.2) is 65.5 Å². The number of nitrogens with one attached hydrogen (secondary N) is 1. The van der Waals surface area contributed by atoms with Crippen molar-refractivity contribution in [2.24, 2.45) is 0 Å². The molecule has 2 aromatic carbocycles. The molecule has 132 valence electrons. The summed E-state index contributed by atoms with van der Waals surface area (Å²) in [6.45, 7) is 2.34. The van der Waals surface area contributed by atoms with Crippen molar-refractivity contribution >= 4 is 17.3 Å². The van der Waals surface area contributed by atoms with Gasteiger partial charge < -0.3 is 10.1 Å². The van der Waals surface area contributed by atoms with Crippen molar-refractivity contribution in [3.8, 4) is 11.3 Å². The fraction of sp³-hybridized carbons (Fsp3) is 0.150. The number of esters is 1. The molecule has 0 aliphatic rings. The van der Waals surface area contributed by atoms with Gasteiger partial charge in [0.2, 0.25) is 0 Å². The number of carbonyl (C=O) groups excluding carboxylic acids is 1. The summed E-state index contributed by atoms with van der Waals surface area (Å²) in [6, 6.07) is 18.2. The van der Waals surface area contributed by atoms with Gasteiger partial charge in [-0.05, 0) is 37.3 Å². The number of anilines is 2. The molecule has 26 heavy (non-hydrogen) atoms. The van der Waals surface area contributed by atoms with E-state index >= 15 is 0 Å². The van der Waals surface area contributed by atoms with Crippen LogP contribution in [-0.4, -0.2) is 22.9 Å². The van der Waals surface area contributed by atoms with E-state index in [-0.39, 0.29) is 5.56 Å². The molecule has 0 fully saturated rings. The number of methoxy groups -OCH3 is 1. The first-order valence-electron chi connectivity index (χ1n) is 8.25. The maximum Gasteiger partial charge on any atom is 0.337 e. The van der Waals surface area contributed by atoms with Gasteiger partial charge in [0.15, 0.2) is 0 Å². The molecule has 0 amide bonds. The Morgan fingerprint density at radius 3 is 2.42 bits per heavy atom. The summed E-state index contributed by atoms with van der Waals surface area (Å²) in [4.78, 5) is 24.1. The SMILES string of the molecule is CCn1nc(-c2ccccc2)cc(Nc2ccc(C(=O)OC)cc2)c1=O. The first kappa shape index (κ1) is 17.4. The topological polar surface area (TPSA) is 73.2 Å². The van der Waals surface area contributed by atoms with Gasteiger partial charge in [-0.2, -0.15) is 5.10 Å². The minimum atomic E-state index is -0.403. The summed E-state index contributed by atoms with van der Waals surface area (Å²) in [5.74, 6) is -0.403. The van der Waals surface area contributed by atoms with Crippen molar-refractivity contribution in [3.05, 3.63) is 76.6 Å². The Balaban J connectivity index is 1.96. The Morgan fingerprint density at radius 1 is 1.12 bits per heavy atom. The van der Waals surface area contributed by atoms with E-state index in [9.17, 15) is 9.59 Å². The van der Waals surface area contributed by atoms with E-state index in [1.165, 1.54) is 11.8 Å². The molecule has 0 atom stereocenters. The summed E-state index contributed by atoms with van der Waals surface area (Å²) >= 11 is 0. The standard InChI is InChI=1S/C20H19N3O3/c1-3-23-19(24)18(13-17(22-23)14-7-5-4-6-8-14)21-16-11-9-15(10-12-16)20(25)26-2/h4-13,21H,3H2,1-2H3. The zero-order chi connectivity index (χ0) is 18.5. The zero-order valence-electron chi connectivity index (χ0n) is 14.6. The molecule has 6 heteroatoms. The van der Waals surface area contributed by atoms with Gasteiger partial charge in [0, 0.05) is 17.8 Å². The summed E-state index contributed by atoms with van der Waals surface area (Å²) in [5, 5.41) is 7.53. The third-order valence-electron chi connectivity index (χ3n) is 3.93. The molecule has 0 spiro atoms. The molecule has 0 bridgehead atoms. The van der Waals surface area contributed by atoms with Crippen LogP contribution in [0.2, 0.25) is 0 Å². The molecule has 6 nitrogen and oxygen atoms in total. The van der Waals surface area contributed by atoms with Gasteiger partial charge in [0.25, 0.3) is 5.56 Å². The van der Waals surface area contributed by atoms with Crippen LogP contribution in [0.25, 0.3) is 11.3 Å². The van der Waals surface area contributed by atoms with E-state index in [1.807, 2.05) is 37.3 Å². The minimum absolute atomic E-state index is 0.204. The van der Waals surface area contributed by atoms with E-state index in [0.717, 1.165) is 5.56 Å². The van der Waals surface area contributed by atoms with E-state index < -0.39 is 5.97 Å². The van der Waals surface area contributed by atoms with Crippen molar-refractivity contribution < 1.29 is 9.53 Å². The highest BCUT2D eigenvalue weighted by molar-refractivity contribution is 5.89. The average molecular weight is 349 g/mol. The number of rotatable bonds is 5. The Bertz CT molecular complexity index is 964. The molecule has 3 rings (SSSR count). The number of aryl methyl sites for hydroxylation is 1. The van der Waals surface area contributed by atoms with Crippen LogP contribution in [0, 0.1) is 0 Å². The number of hydrogen-bond donors (Lipinski definition) is 1. The Hall–Kier alpha value is -3.41. The molecule has 0 unspecified atom stereocenters. The van der Waals surface area contributed by atoms with Gasteiger partial charge in [-0.15, -0.1) is 0 Å². The molecule has 0 aliphatic heterocycles. The van der Waals surface area contributed by atoms with E-state index in [1.54, 1.807) is 30.3 Å². The quantitative estimate of drug-likeness (QED) is 0.714. The molecule has 0 saturated heterocycles. The van der Waals surface area contributed by atoms with Crippen LogP contribution in [0.1, 0.15) is 17.3 Å². The van der Waals surface area contributed by atoms with Gasteiger partial charge in [0.1, 0.15) is 5.69 Å². The van der Waals surface area contributed by atoms with Gasteiger partial charge >= 0.3 is 5.97 Å². The normalized spacial score (nSPS) is 10.4. The summed E-state index contributed by atoms with van der Waals surface area (Å²) in [6.07, 6.45) is 0. The number of ether oxygens (including phenoxy) is 1. The molecule has 0 saturated carbocycles. The monoisotopic (exact) mass is 349 g/mol. The molecule has 0 aliphatic carbocycles. The molecular weight excluding hydrogens is 330 g/mol. The largest absolute Gasteiger partial charge is 0.465 e. The average Bonchev–Trinajstić information content (AvgIpc) is 2.70. The smallest absolute Gasteiger partial charge is 0.337 e. The van der Waals surface area contributed by atoms with Crippen molar-refractivity contribution in [2.45, 2.75) is 13.5 Å². The highest BCUT2D eigenvalue weighted by atomic mass is 16.5. The van der Waals surface area contributed by atoms with Crippen LogP contribution >= 0.6 is 0 Å². The lowest BCUT2D eigenvalue weighted by Gasteiger charge is -2.11. The number of benzene rings is 2. The third kappa shape index (κ3) is 3.64. The van der Waals surface area contributed by atoms with E-state index in [0.29, 0.717) is 29.2 Å². The van der Waals surface area contributed by atoms with Crippen LogP contribution in [0.5, 0.6) is 0 Å². The third-order valence-corrected chi connectivity index (χ3v) is 3.93. The Labute approximate surface area is 151 Å². The lowest BCUT2D eigenvalue weighted by Crippen LogP contribution is -2.24. The second kappa shape index (κ2) is 7.65. The molecule has 0 radical (unpaired) electrons. The molecular formula is C20H19N3O3. The van der Waals surface area contributed by atoms with Crippen LogP contribution in [-0.2, 0) is 11.3 Å². The summed E-state index contributed by atoms with van der Waals surface area (Å²) in [7, 11) is 1.34. The first-order chi connectivity index (χ1) is 12.6. The Morgan fingerprint density at radius 2 is 1.81 bits per heavy atom. The minimum Gasteiger partial charge on any atom is -0.465 e. The second-order valence-electron chi connectivity index (χ2n) is 5.62. The maximum atomic E-state index is 12.6. The van der Waals surface area contributed by atoms with E-state index in [2.05, 4.69) is 15.2 Å². The van der Waals surface area contributed by atoms with Gasteiger partial charge in [-0.1, -0.05) is 30.3 Å². The fourth-order valence-electron chi connectivity index (χ4n) is 2.56. The van der Waals surface area contributed by atoms with Crippen LogP contribution in [0.4, 0.5) is 11.4 Å². The predicted octanol–water partition coefficient (Wildman–Crippen LogP) is 3.46. The second-order valence-corrected chi connectivity index (χ2v) is 5.62. The number of nitrogens with zero attached hydrogens (tertiary/aromatic N) is 2. The zero-order valence-corrected chi connectivity index (χ0v) is 14.6. The first-order valence-corrected chi connectivity index (χ1v) is 8.25. The lowest BCUT2D eigenvalue weighted by molar-refractivity contribution is 0.0601. The summed E-state index contributed by atoms with van der Waals surface area (Å²) < 4.78 is 6.11. The highest BCUT2D eigenvalue weighted by Gasteiger charge is 2.10. The summed E-state index contributed by atoms with van der Waals surface area (Å²) in [5.41, 5.74) is 3.00. The fourth-order valence-corrected chi connectivity index (χ4v) is 2.56. The highest BCUT2D eigenvalue weighted by Crippen LogP contribution is 2.20. The van der Waals surface area contributed by atoms with E-state index in [4.69, 9.17) is 0 Å². The predicted molar refractivity (Wildman–Crippen MR) is 101 cm³/mol. The maximum absolute atomic E-state index is 12.6. The number of carbonyl (C=O) groups is 1. The molecule has 1 N–H and O–H groups in total. The van der Waals surface area contributed by atoms with Gasteiger partial charge in [0.05, 0.1) is 18.4 Å². The lowest BCUT2D eigenvalue weighted by atomic mass is 10.1. The molecule has 3 aromatic rings. The van der Waals surface area contributed by atoms with Crippen molar-refractivity contribution in [1.82, 2.24) is 9.78 Å². The van der Waals surface area contributed by atoms with Gasteiger partial charge in [-0.3, -0.25) is 4.79 Å². The molecule has 1 heterocycles. The number of hydrogen-bond acceptors (Lipinski definition) is 5. The van der Waals surface area contributed by atoms with Crippen LogP contribution < -0.4 is 10.9 Å². The van der Waals surface area contributed by atoms with Crippen molar-refractivity contribution in [3.63, 3.8) is 0 Å². The van der Waals surface area contributed by atoms with Crippen molar-refractivity contribution in [2.75, 3.05) is 12.4 Å². The number of aromatic nitrogens is 2. The van der Waals surface area contributed by atoms with Gasteiger partial charge in [-0.25, -0.2) is 9.48 Å². The van der Waals surface area contributed by atoms with Crippen LogP contribution in [0.3, 0.4) is 0 Å². The Kier molecular flexibility index (Phi) is 5.12. The molecule has 1 aromatic heterocycles. The van der Waals surface area contributed by atoms with Crippen molar-refractivity contribution in [1.29, 1.82) is 0 Å².